The third-order valence-electron chi connectivity index (χ3n) is 7.83. The van der Waals surface area contributed by atoms with Gasteiger partial charge < -0.3 is 13.1 Å². The first-order valence-electron chi connectivity index (χ1n) is 12.5. The fraction of sp³-hybridized carbons (Fsp3) is 0.519. The van der Waals surface area contributed by atoms with Gasteiger partial charge in [-0.05, 0) is 98.6 Å². The van der Waals surface area contributed by atoms with Crippen LogP contribution in [0.4, 0.5) is 0 Å². The zero-order valence-electron chi connectivity index (χ0n) is 19.4. The normalized spacial score (nSPS) is 19.3. The predicted octanol–water partition coefficient (Wildman–Crippen LogP) is 6.57. The Balaban J connectivity index is 1.55. The summed E-state index contributed by atoms with van der Waals surface area (Å²) < 4.78 is 20.7. The molecule has 0 N–H and O–H groups in total. The summed E-state index contributed by atoms with van der Waals surface area (Å²) in [7, 11) is 0.200. The number of carbonyl (C=O) groups is 1. The molecule has 6 heteroatoms. The second-order valence-corrected chi connectivity index (χ2v) is 11.1. The van der Waals surface area contributed by atoms with E-state index in [1.165, 1.54) is 65.8 Å². The van der Waals surface area contributed by atoms with Gasteiger partial charge in [-0.1, -0.05) is 12.1 Å². The van der Waals surface area contributed by atoms with Crippen molar-refractivity contribution < 1.29 is 17.9 Å². The summed E-state index contributed by atoms with van der Waals surface area (Å²) in [5, 5.41) is 2.60. The van der Waals surface area contributed by atoms with Crippen LogP contribution in [0.3, 0.4) is 0 Å². The number of piperidine rings is 1. The van der Waals surface area contributed by atoms with E-state index >= 15 is 0 Å². The van der Waals surface area contributed by atoms with Crippen molar-refractivity contribution >= 4 is 36.1 Å². The minimum absolute atomic E-state index is 0.0214. The molecule has 0 radical (unpaired) electrons. The molecule has 0 unspecified atom stereocenters. The smallest absolute Gasteiger partial charge is 0.309 e. The SMILES string of the molecule is COC(=O)C1CCN(p2oc3ccc4c(c3c3c5c(ccc3o2)CCCC5)CCCC4)CC1. The van der Waals surface area contributed by atoms with Gasteiger partial charge in [0.25, 0.3) is 0 Å². The van der Waals surface area contributed by atoms with Crippen LogP contribution in [0.5, 0.6) is 0 Å². The lowest BCUT2D eigenvalue weighted by molar-refractivity contribution is -0.146. The number of hydrogen-bond acceptors (Lipinski definition) is 5. The largest absolute Gasteiger partial charge is 0.469 e. The Morgan fingerprint density at radius 1 is 0.848 bits per heavy atom. The van der Waals surface area contributed by atoms with Gasteiger partial charge in [0.15, 0.2) is 0 Å². The second-order valence-electron chi connectivity index (χ2n) is 9.74. The van der Waals surface area contributed by atoms with Crippen molar-refractivity contribution in [1.29, 1.82) is 0 Å². The maximum Gasteiger partial charge on any atom is 0.309 e. The van der Waals surface area contributed by atoms with Gasteiger partial charge in [0, 0.05) is 23.9 Å². The van der Waals surface area contributed by atoms with E-state index in [1.807, 2.05) is 0 Å². The van der Waals surface area contributed by atoms with Crippen LogP contribution in [-0.2, 0) is 35.2 Å². The fourth-order valence-electron chi connectivity index (χ4n) is 6.05. The third-order valence-corrected chi connectivity index (χ3v) is 9.40. The highest BCUT2D eigenvalue weighted by Crippen LogP contribution is 2.43. The lowest BCUT2D eigenvalue weighted by Gasteiger charge is -2.27. The van der Waals surface area contributed by atoms with Crippen LogP contribution >= 0.6 is 8.16 Å². The van der Waals surface area contributed by atoms with Gasteiger partial charge >= 0.3 is 14.1 Å². The van der Waals surface area contributed by atoms with Gasteiger partial charge in [-0.15, -0.1) is 0 Å². The Morgan fingerprint density at radius 2 is 1.36 bits per heavy atom. The van der Waals surface area contributed by atoms with Crippen LogP contribution in [0.25, 0.3) is 21.9 Å². The molecular weight excluding hydrogens is 433 g/mol. The summed E-state index contributed by atoms with van der Waals surface area (Å²) in [6.07, 6.45) is 11.1. The van der Waals surface area contributed by atoms with Crippen molar-refractivity contribution in [3.63, 3.8) is 0 Å². The molecule has 1 saturated heterocycles. The van der Waals surface area contributed by atoms with Gasteiger partial charge in [-0.2, -0.15) is 0 Å². The number of hydrogen-bond donors (Lipinski definition) is 0. The Kier molecular flexibility index (Phi) is 5.72. The zero-order chi connectivity index (χ0) is 22.4. The number of rotatable bonds is 2. The quantitative estimate of drug-likeness (QED) is 0.401. The molecule has 0 atom stereocenters. The van der Waals surface area contributed by atoms with Crippen molar-refractivity contribution in [2.45, 2.75) is 64.2 Å². The monoisotopic (exact) mass is 465 g/mol. The van der Waals surface area contributed by atoms with E-state index in [9.17, 15) is 4.79 Å². The van der Waals surface area contributed by atoms with Crippen molar-refractivity contribution in [2.75, 3.05) is 24.9 Å². The van der Waals surface area contributed by atoms with Gasteiger partial charge in [-0.3, -0.25) is 4.79 Å². The van der Waals surface area contributed by atoms with Gasteiger partial charge in [0.1, 0.15) is 11.2 Å². The van der Waals surface area contributed by atoms with Crippen molar-refractivity contribution in [3.8, 4) is 0 Å². The number of aryl methyl sites for hydroxylation is 4. The average molecular weight is 466 g/mol. The molecule has 0 amide bonds. The highest BCUT2D eigenvalue weighted by atomic mass is 31.1. The maximum absolute atomic E-state index is 12.0. The first kappa shape index (κ1) is 21.3. The summed E-state index contributed by atoms with van der Waals surface area (Å²) >= 11 is 0. The molecule has 3 aliphatic rings. The first-order chi connectivity index (χ1) is 16.2. The molecule has 2 aromatic carbocycles. The Morgan fingerprint density at radius 3 is 1.88 bits per heavy atom. The standard InChI is InChI=1S/C27H32NO4P/c1-30-27(29)20-14-16-28(17-15-20)33-31-23-12-10-18-6-2-4-8-21(18)25(23)26-22-9-5-3-7-19(22)11-13-24(26)32-33/h10-13,20H,2-9,14-17H2,1H3. The van der Waals surface area contributed by atoms with E-state index in [4.69, 9.17) is 13.1 Å². The van der Waals surface area contributed by atoms with E-state index in [1.54, 1.807) is 0 Å². The van der Waals surface area contributed by atoms with Crippen molar-refractivity contribution in [2.24, 2.45) is 5.92 Å². The van der Waals surface area contributed by atoms with Crippen molar-refractivity contribution in [1.82, 2.24) is 0 Å². The zero-order valence-corrected chi connectivity index (χ0v) is 20.3. The number of ether oxygens (including phenoxy) is 1. The Labute approximate surface area is 195 Å². The molecule has 2 heterocycles. The number of fused-ring (bicyclic) bond motifs is 7. The minimum Gasteiger partial charge on any atom is -0.469 e. The lowest BCUT2D eigenvalue weighted by atomic mass is 9.84. The molecule has 5 nitrogen and oxygen atoms in total. The van der Waals surface area contributed by atoms with Crippen LogP contribution < -0.4 is 4.67 Å². The fourth-order valence-corrected chi connectivity index (χ4v) is 7.51. The van der Waals surface area contributed by atoms with E-state index in [-0.39, 0.29) is 11.9 Å². The van der Waals surface area contributed by atoms with Crippen LogP contribution in [0.1, 0.15) is 60.8 Å². The second kappa shape index (κ2) is 8.85. The average Bonchev–Trinajstić information content (AvgIpc) is 3.05. The van der Waals surface area contributed by atoms with E-state index in [0.29, 0.717) is 0 Å². The molecule has 0 spiro atoms. The van der Waals surface area contributed by atoms with Crippen LogP contribution in [-0.4, -0.2) is 26.2 Å². The lowest BCUT2D eigenvalue weighted by Crippen LogP contribution is -2.34. The van der Waals surface area contributed by atoms with Crippen LogP contribution in [0.15, 0.2) is 32.7 Å². The molecule has 3 aromatic rings. The number of carbonyl (C=O) groups excluding carboxylic acids is 1. The molecule has 6 rings (SSSR count). The summed E-state index contributed by atoms with van der Waals surface area (Å²) in [6, 6.07) is 8.95. The number of methoxy groups -OCH3 is 1. The maximum atomic E-state index is 12.0. The van der Waals surface area contributed by atoms with Gasteiger partial charge in [0.05, 0.1) is 13.0 Å². The topological polar surface area (TPSA) is 55.8 Å². The molecule has 1 fully saturated rings. The van der Waals surface area contributed by atoms with E-state index in [0.717, 1.165) is 62.8 Å². The number of nitrogens with zero attached hydrogens (tertiary/aromatic N) is 1. The molecule has 33 heavy (non-hydrogen) atoms. The summed E-state index contributed by atoms with van der Waals surface area (Å²) in [4.78, 5) is 12.0. The minimum atomic E-state index is -1.28. The highest BCUT2D eigenvalue weighted by molar-refractivity contribution is 7.38. The molecule has 1 aliphatic heterocycles. The molecular formula is C27H32NO4P. The summed E-state index contributed by atoms with van der Waals surface area (Å²) in [5.41, 5.74) is 7.87. The predicted molar refractivity (Wildman–Crippen MR) is 132 cm³/mol. The molecule has 174 valence electrons. The third kappa shape index (κ3) is 3.80. The molecule has 2 aliphatic carbocycles. The van der Waals surface area contributed by atoms with E-state index < -0.39 is 8.16 Å². The first-order valence-corrected chi connectivity index (χ1v) is 13.6. The van der Waals surface area contributed by atoms with Gasteiger partial charge in [0.2, 0.25) is 0 Å². The Hall–Kier alpha value is -2.23. The molecule has 1 aromatic heterocycles. The Bertz CT molecular complexity index is 1180. The van der Waals surface area contributed by atoms with Crippen LogP contribution in [0.2, 0.25) is 0 Å². The van der Waals surface area contributed by atoms with Crippen LogP contribution in [0, 0.1) is 5.92 Å². The summed E-state index contributed by atoms with van der Waals surface area (Å²) in [6.45, 7) is 1.57. The highest BCUT2D eigenvalue weighted by Gasteiger charge is 2.29. The van der Waals surface area contributed by atoms with Crippen molar-refractivity contribution in [3.05, 3.63) is 46.5 Å². The number of benzene rings is 2. The molecule has 0 saturated carbocycles. The van der Waals surface area contributed by atoms with E-state index in [2.05, 4.69) is 28.9 Å². The van der Waals surface area contributed by atoms with Gasteiger partial charge in [-0.25, -0.2) is 4.67 Å². The molecule has 0 bridgehead atoms. The number of esters is 1. The summed E-state index contributed by atoms with van der Waals surface area (Å²) in [5.74, 6) is -0.120.